The summed E-state index contributed by atoms with van der Waals surface area (Å²) in [5.41, 5.74) is 0. The quantitative estimate of drug-likeness (QED) is 0.221. The third-order valence-corrected chi connectivity index (χ3v) is 5.44. The number of alkyl halides is 1. The standard InChI is InChI=1S/C19H39Br/c1-5-6-7-8-9-10-11-12-13-14-15-16-17-18(2)19(3,4)20/h18H,5-17H2,1-4H3. The fourth-order valence-corrected chi connectivity index (χ4v) is 2.86. The summed E-state index contributed by atoms with van der Waals surface area (Å²) in [5.74, 6) is 0.783. The highest BCUT2D eigenvalue weighted by atomic mass is 79.9. The predicted octanol–water partition coefficient (Wildman–Crippen LogP) is 7.89. The van der Waals surface area contributed by atoms with Gasteiger partial charge in [-0.1, -0.05) is 107 Å². The topological polar surface area (TPSA) is 0 Å². The van der Waals surface area contributed by atoms with E-state index in [0.29, 0.717) is 4.32 Å². The van der Waals surface area contributed by atoms with Crippen molar-refractivity contribution in [1.29, 1.82) is 0 Å². The molecule has 20 heavy (non-hydrogen) atoms. The molecule has 0 nitrogen and oxygen atoms in total. The molecule has 0 heterocycles. The second kappa shape index (κ2) is 13.2. The average Bonchev–Trinajstić information content (AvgIpc) is 2.38. The van der Waals surface area contributed by atoms with E-state index in [9.17, 15) is 0 Å². The Morgan fingerprint density at radius 2 is 1.05 bits per heavy atom. The molecule has 0 N–H and O–H groups in total. The predicted molar refractivity (Wildman–Crippen MR) is 97.9 cm³/mol. The van der Waals surface area contributed by atoms with Gasteiger partial charge in [-0.2, -0.15) is 0 Å². The largest absolute Gasteiger partial charge is 0.0856 e. The molecule has 0 aliphatic rings. The summed E-state index contributed by atoms with van der Waals surface area (Å²) in [4.78, 5) is 0. The number of hydrogen-bond donors (Lipinski definition) is 0. The van der Waals surface area contributed by atoms with Crippen molar-refractivity contribution in [3.05, 3.63) is 0 Å². The first-order chi connectivity index (χ1) is 9.48. The van der Waals surface area contributed by atoms with Crippen LogP contribution in [0.4, 0.5) is 0 Å². The number of hydrogen-bond acceptors (Lipinski definition) is 0. The fourth-order valence-electron chi connectivity index (χ4n) is 2.63. The van der Waals surface area contributed by atoms with E-state index >= 15 is 0 Å². The lowest BCUT2D eigenvalue weighted by molar-refractivity contribution is 0.413. The van der Waals surface area contributed by atoms with E-state index in [1.807, 2.05) is 0 Å². The van der Waals surface area contributed by atoms with Gasteiger partial charge < -0.3 is 0 Å². The van der Waals surface area contributed by atoms with Gasteiger partial charge in [-0.15, -0.1) is 0 Å². The summed E-state index contributed by atoms with van der Waals surface area (Å²) in [6.45, 7) is 9.24. The zero-order valence-corrected chi connectivity index (χ0v) is 16.2. The summed E-state index contributed by atoms with van der Waals surface area (Å²) in [7, 11) is 0. The molecule has 1 atom stereocenters. The second-order valence-corrected chi connectivity index (χ2v) is 9.19. The lowest BCUT2D eigenvalue weighted by Crippen LogP contribution is -2.20. The van der Waals surface area contributed by atoms with Crippen LogP contribution in [0.2, 0.25) is 0 Å². The van der Waals surface area contributed by atoms with Gasteiger partial charge in [0.25, 0.3) is 0 Å². The normalized spacial score (nSPS) is 13.7. The van der Waals surface area contributed by atoms with Crippen molar-refractivity contribution in [2.24, 2.45) is 5.92 Å². The van der Waals surface area contributed by atoms with Crippen LogP contribution in [-0.4, -0.2) is 4.32 Å². The fraction of sp³-hybridized carbons (Fsp3) is 1.00. The lowest BCUT2D eigenvalue weighted by atomic mass is 9.92. The monoisotopic (exact) mass is 346 g/mol. The summed E-state index contributed by atoms with van der Waals surface area (Å²) >= 11 is 3.78. The van der Waals surface area contributed by atoms with Crippen LogP contribution in [0, 0.1) is 5.92 Å². The van der Waals surface area contributed by atoms with E-state index in [-0.39, 0.29) is 0 Å². The first kappa shape index (κ1) is 20.5. The van der Waals surface area contributed by atoms with E-state index in [1.54, 1.807) is 0 Å². The van der Waals surface area contributed by atoms with Gasteiger partial charge in [0.2, 0.25) is 0 Å². The molecule has 0 fully saturated rings. The van der Waals surface area contributed by atoms with Gasteiger partial charge in [-0.3, -0.25) is 0 Å². The summed E-state index contributed by atoms with van der Waals surface area (Å²) in [6, 6.07) is 0. The smallest absolute Gasteiger partial charge is 0.0227 e. The minimum atomic E-state index is 0.310. The van der Waals surface area contributed by atoms with E-state index in [1.165, 1.54) is 83.5 Å². The molecular weight excluding hydrogens is 308 g/mol. The van der Waals surface area contributed by atoms with Crippen molar-refractivity contribution in [3.8, 4) is 0 Å². The van der Waals surface area contributed by atoms with Gasteiger partial charge in [-0.05, 0) is 26.2 Å². The van der Waals surface area contributed by atoms with E-state index in [2.05, 4.69) is 43.6 Å². The summed E-state index contributed by atoms with van der Waals surface area (Å²) in [5, 5.41) is 0. The van der Waals surface area contributed by atoms with E-state index in [4.69, 9.17) is 0 Å². The Kier molecular flexibility index (Phi) is 13.5. The molecule has 1 unspecified atom stereocenters. The molecule has 0 rings (SSSR count). The van der Waals surface area contributed by atoms with Crippen LogP contribution in [0.5, 0.6) is 0 Å². The van der Waals surface area contributed by atoms with Crippen molar-refractivity contribution >= 4 is 15.9 Å². The Morgan fingerprint density at radius 3 is 1.40 bits per heavy atom. The van der Waals surface area contributed by atoms with Crippen molar-refractivity contribution in [3.63, 3.8) is 0 Å². The molecule has 0 amide bonds. The van der Waals surface area contributed by atoms with Crippen LogP contribution in [-0.2, 0) is 0 Å². The molecule has 0 aromatic rings. The maximum Gasteiger partial charge on any atom is 0.0227 e. The lowest BCUT2D eigenvalue weighted by Gasteiger charge is -2.25. The van der Waals surface area contributed by atoms with Crippen LogP contribution in [0.25, 0.3) is 0 Å². The molecule has 0 bridgehead atoms. The molecule has 0 aliphatic heterocycles. The molecule has 0 spiro atoms. The van der Waals surface area contributed by atoms with E-state index < -0.39 is 0 Å². The Hall–Kier alpha value is 0.480. The summed E-state index contributed by atoms with van der Waals surface area (Å²) < 4.78 is 0.310. The molecule has 0 aliphatic carbocycles. The molecule has 0 saturated carbocycles. The van der Waals surface area contributed by atoms with Crippen LogP contribution < -0.4 is 0 Å². The molecule has 1 heteroatoms. The third kappa shape index (κ3) is 13.5. The van der Waals surface area contributed by atoms with Gasteiger partial charge in [0.15, 0.2) is 0 Å². The van der Waals surface area contributed by atoms with Crippen LogP contribution in [0.3, 0.4) is 0 Å². The summed E-state index contributed by atoms with van der Waals surface area (Å²) in [6.07, 6.45) is 18.7. The highest BCUT2D eigenvalue weighted by molar-refractivity contribution is 9.10. The number of halogens is 1. The highest BCUT2D eigenvalue weighted by Gasteiger charge is 2.20. The first-order valence-corrected chi connectivity index (χ1v) is 9.96. The van der Waals surface area contributed by atoms with Crippen LogP contribution in [0.15, 0.2) is 0 Å². The molecule has 0 saturated heterocycles. The SMILES string of the molecule is CCCCCCCCCCCCCCC(C)C(C)(C)Br. The number of unbranched alkanes of at least 4 members (excludes halogenated alkanes) is 11. The molecule has 0 aromatic carbocycles. The average molecular weight is 347 g/mol. The molecule has 122 valence electrons. The maximum atomic E-state index is 3.78. The van der Waals surface area contributed by atoms with Crippen LogP contribution >= 0.6 is 15.9 Å². The van der Waals surface area contributed by atoms with Crippen molar-refractivity contribution in [2.75, 3.05) is 0 Å². The molecular formula is C19H39Br. The van der Waals surface area contributed by atoms with Gasteiger partial charge in [0, 0.05) is 4.32 Å². The number of rotatable bonds is 14. The van der Waals surface area contributed by atoms with Crippen LogP contribution in [0.1, 0.15) is 111 Å². The Balaban J connectivity index is 3.14. The van der Waals surface area contributed by atoms with Gasteiger partial charge in [-0.25, -0.2) is 0 Å². The Morgan fingerprint density at radius 1 is 0.700 bits per heavy atom. The minimum Gasteiger partial charge on any atom is -0.0856 e. The minimum absolute atomic E-state index is 0.310. The zero-order valence-electron chi connectivity index (χ0n) is 14.6. The van der Waals surface area contributed by atoms with Crippen molar-refractivity contribution in [1.82, 2.24) is 0 Å². The Labute approximate surface area is 137 Å². The van der Waals surface area contributed by atoms with E-state index in [0.717, 1.165) is 5.92 Å². The van der Waals surface area contributed by atoms with Gasteiger partial charge in [0.05, 0.1) is 0 Å². The third-order valence-electron chi connectivity index (χ3n) is 4.66. The van der Waals surface area contributed by atoms with Gasteiger partial charge in [0.1, 0.15) is 0 Å². The maximum absolute atomic E-state index is 3.78. The zero-order chi connectivity index (χ0) is 15.3. The first-order valence-electron chi connectivity index (χ1n) is 9.17. The molecule has 0 aromatic heterocycles. The molecule has 0 radical (unpaired) electrons. The Bertz CT molecular complexity index is 192. The van der Waals surface area contributed by atoms with Crippen molar-refractivity contribution < 1.29 is 0 Å². The van der Waals surface area contributed by atoms with Gasteiger partial charge >= 0.3 is 0 Å². The highest BCUT2D eigenvalue weighted by Crippen LogP contribution is 2.30. The second-order valence-electron chi connectivity index (χ2n) is 7.14. The van der Waals surface area contributed by atoms with Crippen molar-refractivity contribution in [2.45, 2.75) is 115 Å².